The zero-order valence-corrected chi connectivity index (χ0v) is 8.83. The van der Waals surface area contributed by atoms with Crippen molar-refractivity contribution in [2.75, 3.05) is 0 Å². The third kappa shape index (κ3) is 1.78. The van der Waals surface area contributed by atoms with E-state index < -0.39 is 0 Å². The largest absolute Gasteiger partial charge is 0.317 e. The molecule has 3 heteroatoms. The van der Waals surface area contributed by atoms with E-state index >= 15 is 0 Å². The minimum Gasteiger partial charge on any atom is -0.317 e. The first-order chi connectivity index (χ1) is 6.74. The van der Waals surface area contributed by atoms with Crippen molar-refractivity contribution in [3.05, 3.63) is 34.9 Å². The summed E-state index contributed by atoms with van der Waals surface area (Å²) in [5, 5.41) is 9.63. The van der Waals surface area contributed by atoms with Gasteiger partial charge in [0.25, 0.3) is 0 Å². The third-order valence-corrected chi connectivity index (χ3v) is 3.33. The molecule has 0 saturated heterocycles. The van der Waals surface area contributed by atoms with Gasteiger partial charge >= 0.3 is 0 Å². The molecule has 0 aromatic heterocycles. The highest BCUT2D eigenvalue weighted by atomic mass is 35.5. The average Bonchev–Trinajstić information content (AvgIpc) is 2.97. The van der Waals surface area contributed by atoms with Crippen LogP contribution in [-0.4, -0.2) is 11.2 Å². The Hall–Kier alpha value is -0.570. The molecule has 1 aliphatic rings. The second-order valence-corrected chi connectivity index (χ2v) is 4.35. The Morgan fingerprint density at radius 1 is 1.50 bits per heavy atom. The predicted octanol–water partition coefficient (Wildman–Crippen LogP) is 2.81. The first-order valence-electron chi connectivity index (χ1n) is 4.88. The first kappa shape index (κ1) is 9.97. The van der Waals surface area contributed by atoms with Crippen molar-refractivity contribution in [3.63, 3.8) is 0 Å². The molecule has 2 nitrogen and oxygen atoms in total. The number of hydroxylamine groups is 1. The van der Waals surface area contributed by atoms with Gasteiger partial charge < -0.3 is 5.21 Å². The van der Waals surface area contributed by atoms with E-state index in [1.165, 1.54) is 5.56 Å². The van der Waals surface area contributed by atoms with Crippen LogP contribution in [0.3, 0.4) is 0 Å². The average molecular weight is 212 g/mol. The lowest BCUT2D eigenvalue weighted by Crippen LogP contribution is -2.24. The molecule has 76 valence electrons. The van der Waals surface area contributed by atoms with E-state index in [0.717, 1.165) is 11.4 Å². The molecule has 0 radical (unpaired) electrons. The number of benzene rings is 1. The second kappa shape index (κ2) is 3.89. The second-order valence-electron chi connectivity index (χ2n) is 3.95. The minimum absolute atomic E-state index is 0.149. The van der Waals surface area contributed by atoms with Crippen LogP contribution in [0.2, 0.25) is 5.02 Å². The molecule has 0 bridgehead atoms. The fourth-order valence-corrected chi connectivity index (χ4v) is 2.27. The molecule has 0 amide bonds. The summed E-state index contributed by atoms with van der Waals surface area (Å²) in [5.41, 5.74) is 3.51. The predicted molar refractivity (Wildman–Crippen MR) is 56.7 cm³/mol. The van der Waals surface area contributed by atoms with Crippen molar-refractivity contribution in [2.24, 2.45) is 5.92 Å². The van der Waals surface area contributed by atoms with E-state index in [4.69, 9.17) is 16.8 Å². The topological polar surface area (TPSA) is 32.3 Å². The van der Waals surface area contributed by atoms with Gasteiger partial charge in [0, 0.05) is 11.1 Å². The van der Waals surface area contributed by atoms with Crippen LogP contribution in [0.1, 0.15) is 24.8 Å². The van der Waals surface area contributed by atoms with Crippen LogP contribution in [0.15, 0.2) is 24.3 Å². The van der Waals surface area contributed by atoms with Crippen molar-refractivity contribution < 1.29 is 5.21 Å². The molecule has 0 spiro atoms. The van der Waals surface area contributed by atoms with E-state index in [1.807, 2.05) is 25.1 Å². The highest BCUT2D eigenvalue weighted by Crippen LogP contribution is 2.51. The number of halogens is 1. The fraction of sp³-hybridized carbons (Fsp3) is 0.455. The van der Waals surface area contributed by atoms with Gasteiger partial charge in [-0.3, -0.25) is 0 Å². The van der Waals surface area contributed by atoms with Crippen molar-refractivity contribution in [2.45, 2.75) is 25.3 Å². The standard InChI is InChI=1S/C11H14ClNO/c1-7(13-14)9-6-10(9)8-4-2-3-5-11(8)12/h2-5,7,9-10,13-14H,6H2,1H3/t7?,9?,10-/m1/s1. The summed E-state index contributed by atoms with van der Waals surface area (Å²) in [5.74, 6) is 1.03. The van der Waals surface area contributed by atoms with Gasteiger partial charge in [-0.2, -0.15) is 0 Å². The molecule has 3 atom stereocenters. The maximum atomic E-state index is 8.80. The summed E-state index contributed by atoms with van der Waals surface area (Å²) in [6, 6.07) is 8.08. The molecule has 0 heterocycles. The van der Waals surface area contributed by atoms with Crippen LogP contribution in [0.25, 0.3) is 0 Å². The monoisotopic (exact) mass is 211 g/mol. The van der Waals surface area contributed by atoms with Crippen molar-refractivity contribution in [3.8, 4) is 0 Å². The van der Waals surface area contributed by atoms with Crippen LogP contribution < -0.4 is 5.48 Å². The lowest BCUT2D eigenvalue weighted by molar-refractivity contribution is 0.123. The van der Waals surface area contributed by atoms with Gasteiger partial charge in [0.15, 0.2) is 0 Å². The molecule has 1 aromatic rings. The van der Waals surface area contributed by atoms with Crippen molar-refractivity contribution >= 4 is 11.6 Å². The van der Waals surface area contributed by atoms with Gasteiger partial charge in [-0.1, -0.05) is 29.8 Å². The first-order valence-corrected chi connectivity index (χ1v) is 5.26. The Labute approximate surface area is 88.9 Å². The Kier molecular flexibility index (Phi) is 2.77. The summed E-state index contributed by atoms with van der Waals surface area (Å²) in [4.78, 5) is 0. The molecule has 1 fully saturated rings. The van der Waals surface area contributed by atoms with Gasteiger partial charge in [0.05, 0.1) is 0 Å². The molecule has 1 aliphatic carbocycles. The number of hydrogen-bond acceptors (Lipinski definition) is 2. The summed E-state index contributed by atoms with van der Waals surface area (Å²) >= 11 is 6.09. The molecule has 1 aromatic carbocycles. The minimum atomic E-state index is 0.149. The molecule has 1 saturated carbocycles. The fourth-order valence-electron chi connectivity index (χ4n) is 2.00. The van der Waals surface area contributed by atoms with Gasteiger partial charge in [-0.25, -0.2) is 5.48 Å². The van der Waals surface area contributed by atoms with E-state index in [1.54, 1.807) is 0 Å². The molecule has 14 heavy (non-hydrogen) atoms. The van der Waals surface area contributed by atoms with Gasteiger partial charge in [0.1, 0.15) is 0 Å². The Morgan fingerprint density at radius 2 is 2.21 bits per heavy atom. The van der Waals surface area contributed by atoms with Gasteiger partial charge in [0.2, 0.25) is 0 Å². The van der Waals surface area contributed by atoms with E-state index in [-0.39, 0.29) is 6.04 Å². The summed E-state index contributed by atoms with van der Waals surface area (Å²) < 4.78 is 0. The molecule has 2 N–H and O–H groups in total. The Morgan fingerprint density at radius 3 is 2.86 bits per heavy atom. The molecule has 2 unspecified atom stereocenters. The highest BCUT2D eigenvalue weighted by molar-refractivity contribution is 6.31. The third-order valence-electron chi connectivity index (χ3n) is 2.99. The summed E-state index contributed by atoms with van der Waals surface area (Å²) in [6.45, 7) is 1.99. The van der Waals surface area contributed by atoms with Crippen molar-refractivity contribution in [1.82, 2.24) is 5.48 Å². The van der Waals surface area contributed by atoms with Crippen LogP contribution in [0.4, 0.5) is 0 Å². The van der Waals surface area contributed by atoms with Crippen LogP contribution in [-0.2, 0) is 0 Å². The summed E-state index contributed by atoms with van der Waals surface area (Å²) in [7, 11) is 0. The quantitative estimate of drug-likeness (QED) is 0.754. The number of rotatable bonds is 3. The van der Waals surface area contributed by atoms with E-state index in [9.17, 15) is 0 Å². The maximum absolute atomic E-state index is 8.80. The smallest absolute Gasteiger partial charge is 0.0440 e. The van der Waals surface area contributed by atoms with Gasteiger partial charge in [-0.15, -0.1) is 0 Å². The highest BCUT2D eigenvalue weighted by Gasteiger charge is 2.42. The number of hydrogen-bond donors (Lipinski definition) is 2. The van der Waals surface area contributed by atoms with E-state index in [0.29, 0.717) is 11.8 Å². The van der Waals surface area contributed by atoms with Crippen LogP contribution in [0, 0.1) is 5.92 Å². The lowest BCUT2D eigenvalue weighted by Gasteiger charge is -2.08. The zero-order chi connectivity index (χ0) is 10.1. The Balaban J connectivity index is 2.10. The molecule has 0 aliphatic heterocycles. The molecular weight excluding hydrogens is 198 g/mol. The van der Waals surface area contributed by atoms with Crippen LogP contribution >= 0.6 is 11.6 Å². The Bertz CT molecular complexity index is 329. The lowest BCUT2D eigenvalue weighted by atomic mass is 10.1. The zero-order valence-electron chi connectivity index (χ0n) is 8.07. The summed E-state index contributed by atoms with van der Waals surface area (Å²) in [6.07, 6.45) is 1.11. The SMILES string of the molecule is CC(NO)C1C[C@@H]1c1ccccc1Cl. The number of nitrogens with one attached hydrogen (secondary N) is 1. The van der Waals surface area contributed by atoms with Crippen LogP contribution in [0.5, 0.6) is 0 Å². The van der Waals surface area contributed by atoms with E-state index in [2.05, 4.69) is 11.5 Å². The molecular formula is C11H14ClNO. The maximum Gasteiger partial charge on any atom is 0.0440 e. The van der Waals surface area contributed by atoms with Crippen molar-refractivity contribution in [1.29, 1.82) is 0 Å². The molecule has 2 rings (SSSR count). The van der Waals surface area contributed by atoms with Gasteiger partial charge in [-0.05, 0) is 36.8 Å². The normalized spacial score (nSPS) is 27.4.